The number of aromatic nitrogens is 1. The summed E-state index contributed by atoms with van der Waals surface area (Å²) in [6.07, 6.45) is 0.419. The van der Waals surface area contributed by atoms with Crippen LogP contribution in [0.1, 0.15) is 22.8 Å². The van der Waals surface area contributed by atoms with E-state index in [2.05, 4.69) is 10.1 Å². The van der Waals surface area contributed by atoms with Gasteiger partial charge in [-0.15, -0.1) is 0 Å². The predicted molar refractivity (Wildman–Crippen MR) is 111 cm³/mol. The highest BCUT2D eigenvalue weighted by Crippen LogP contribution is 2.22. The summed E-state index contributed by atoms with van der Waals surface area (Å²) in [5.41, 5.74) is -2.02. The van der Waals surface area contributed by atoms with Gasteiger partial charge in [-0.3, -0.25) is 20.2 Å². The molecule has 32 heavy (non-hydrogen) atoms. The summed E-state index contributed by atoms with van der Waals surface area (Å²) < 4.78 is 15.5. The number of esters is 1. The van der Waals surface area contributed by atoms with Crippen molar-refractivity contribution in [1.82, 2.24) is 4.57 Å². The molecule has 0 fully saturated rings. The molecule has 3 aromatic rings. The van der Waals surface area contributed by atoms with E-state index in [1.807, 2.05) is 0 Å². The molecule has 166 valence electrons. The molecule has 0 aliphatic rings. The molecule has 0 spiro atoms. The van der Waals surface area contributed by atoms with Crippen LogP contribution in [0.15, 0.2) is 50.5 Å². The normalized spacial score (nSPS) is 10.6. The van der Waals surface area contributed by atoms with Crippen LogP contribution in [0.25, 0.3) is 11.0 Å². The van der Waals surface area contributed by atoms with Gasteiger partial charge in [0.2, 0.25) is 0 Å². The van der Waals surface area contributed by atoms with E-state index in [1.165, 1.54) is 12.1 Å². The van der Waals surface area contributed by atoms with Crippen LogP contribution in [0.2, 0.25) is 0 Å². The Bertz CT molecular complexity index is 1340. The molecule has 1 amide bonds. The van der Waals surface area contributed by atoms with Gasteiger partial charge in [-0.2, -0.15) is 0 Å². The second-order valence-corrected chi connectivity index (χ2v) is 6.44. The van der Waals surface area contributed by atoms with E-state index < -0.39 is 33.9 Å². The van der Waals surface area contributed by atoms with Crippen LogP contribution in [0.4, 0.5) is 16.2 Å². The predicted octanol–water partition coefficient (Wildman–Crippen LogP) is 2.27. The van der Waals surface area contributed by atoms with Gasteiger partial charge < -0.3 is 18.5 Å². The minimum atomic E-state index is -0.968. The van der Waals surface area contributed by atoms with Crippen LogP contribution in [0, 0.1) is 10.1 Å². The minimum absolute atomic E-state index is 0.105. The third-order valence-corrected chi connectivity index (χ3v) is 4.38. The number of nitro groups is 1. The quantitative estimate of drug-likeness (QED) is 0.261. The molecule has 3 rings (SSSR count). The molecular weight excluding hydrogens is 426 g/mol. The zero-order valence-electron chi connectivity index (χ0n) is 16.9. The zero-order chi connectivity index (χ0) is 23.4. The molecule has 1 aromatic carbocycles. The number of amides is 1. The number of carbonyl (C=O) groups is 2. The Labute approximate surface area is 179 Å². The number of nitrogens with one attached hydrogen (secondary N) is 1. The number of hydrogen-bond donors (Lipinski definition) is 1. The summed E-state index contributed by atoms with van der Waals surface area (Å²) in [4.78, 5) is 58.4. The number of fused-ring (bicyclic) bond motifs is 1. The number of ether oxygens (including phenoxy) is 2. The number of pyridine rings is 1. The number of carbonyl (C=O) groups excluding carboxylic acids is 2. The van der Waals surface area contributed by atoms with Crippen molar-refractivity contribution in [2.75, 3.05) is 19.0 Å². The molecule has 0 atom stereocenters. The molecule has 0 unspecified atom stereocenters. The lowest BCUT2D eigenvalue weighted by Gasteiger charge is -2.11. The molecule has 0 aliphatic heterocycles. The maximum atomic E-state index is 12.5. The molecule has 0 saturated heterocycles. The van der Waals surface area contributed by atoms with Crippen molar-refractivity contribution in [3.8, 4) is 0 Å². The Kier molecular flexibility index (Phi) is 6.33. The number of rotatable bonds is 6. The van der Waals surface area contributed by atoms with Gasteiger partial charge in [-0.1, -0.05) is 0 Å². The first kappa shape index (κ1) is 22.2. The van der Waals surface area contributed by atoms with Gasteiger partial charge in [0.05, 0.1) is 30.7 Å². The Balaban J connectivity index is 2.09. The molecule has 12 heteroatoms. The number of benzene rings is 1. The standard InChI is InChI=1S/C20H17N3O9/c1-3-31-20(27)21-13-4-5-14-11(7-17(24)32-16(14)8-13)9-22-10-12(19(26)30-2)6-15(18(22)25)23(28)29/h4-8,10H,3,9H2,1-2H3,(H,21,27). The summed E-state index contributed by atoms with van der Waals surface area (Å²) >= 11 is 0. The van der Waals surface area contributed by atoms with Gasteiger partial charge in [0.25, 0.3) is 0 Å². The molecular formula is C20H17N3O9. The lowest BCUT2D eigenvalue weighted by Crippen LogP contribution is -2.25. The maximum absolute atomic E-state index is 12.5. The molecule has 12 nitrogen and oxygen atoms in total. The van der Waals surface area contributed by atoms with E-state index in [9.17, 15) is 29.3 Å². The Morgan fingerprint density at radius 1 is 1.22 bits per heavy atom. The summed E-state index contributed by atoms with van der Waals surface area (Å²) in [5, 5.41) is 14.1. The summed E-state index contributed by atoms with van der Waals surface area (Å²) in [6.45, 7) is 1.55. The van der Waals surface area contributed by atoms with E-state index in [-0.39, 0.29) is 24.3 Å². The van der Waals surface area contributed by atoms with E-state index in [4.69, 9.17) is 9.15 Å². The van der Waals surface area contributed by atoms with Crippen molar-refractivity contribution >= 4 is 34.4 Å². The summed E-state index contributed by atoms with van der Waals surface area (Å²) in [5.74, 6) is -0.867. The van der Waals surface area contributed by atoms with Crippen LogP contribution in [0.3, 0.4) is 0 Å². The van der Waals surface area contributed by atoms with E-state index in [0.29, 0.717) is 16.6 Å². The SMILES string of the molecule is CCOC(=O)Nc1ccc2c(Cn3cc(C(=O)OC)cc([N+](=O)[O-])c3=O)cc(=O)oc2c1. The molecule has 0 saturated carbocycles. The van der Waals surface area contributed by atoms with Gasteiger partial charge in [-0.05, 0) is 24.6 Å². The fourth-order valence-corrected chi connectivity index (χ4v) is 3.00. The van der Waals surface area contributed by atoms with E-state index in [0.717, 1.165) is 30.0 Å². The fourth-order valence-electron chi connectivity index (χ4n) is 3.00. The van der Waals surface area contributed by atoms with Crippen molar-refractivity contribution in [3.63, 3.8) is 0 Å². The van der Waals surface area contributed by atoms with E-state index >= 15 is 0 Å². The van der Waals surface area contributed by atoms with Crippen LogP contribution in [-0.2, 0) is 16.0 Å². The second kappa shape index (κ2) is 9.12. The van der Waals surface area contributed by atoms with Gasteiger partial charge in [0.15, 0.2) is 0 Å². The highest BCUT2D eigenvalue weighted by Gasteiger charge is 2.21. The Morgan fingerprint density at radius 2 is 1.97 bits per heavy atom. The number of nitrogens with zero attached hydrogens (tertiary/aromatic N) is 2. The monoisotopic (exact) mass is 443 g/mol. The lowest BCUT2D eigenvalue weighted by atomic mass is 10.1. The van der Waals surface area contributed by atoms with Crippen molar-refractivity contribution < 1.29 is 28.4 Å². The number of anilines is 1. The number of methoxy groups -OCH3 is 1. The molecule has 0 bridgehead atoms. The average Bonchev–Trinajstić information content (AvgIpc) is 2.74. The van der Waals surface area contributed by atoms with Crippen molar-refractivity contribution in [1.29, 1.82) is 0 Å². The van der Waals surface area contributed by atoms with Gasteiger partial charge >= 0.3 is 28.9 Å². The Hall–Kier alpha value is -4.48. The topological polar surface area (TPSA) is 160 Å². The van der Waals surface area contributed by atoms with Gasteiger partial charge in [-0.25, -0.2) is 14.4 Å². The minimum Gasteiger partial charge on any atom is -0.465 e. The summed E-state index contributed by atoms with van der Waals surface area (Å²) in [6, 6.07) is 6.42. The first-order chi connectivity index (χ1) is 15.2. The first-order valence-electron chi connectivity index (χ1n) is 9.21. The fraction of sp³-hybridized carbons (Fsp3) is 0.200. The second-order valence-electron chi connectivity index (χ2n) is 6.44. The molecule has 0 aliphatic carbocycles. The highest BCUT2D eigenvalue weighted by molar-refractivity contribution is 5.90. The van der Waals surface area contributed by atoms with Crippen LogP contribution in [0.5, 0.6) is 0 Å². The van der Waals surface area contributed by atoms with Crippen LogP contribution < -0.4 is 16.5 Å². The highest BCUT2D eigenvalue weighted by atomic mass is 16.6. The zero-order valence-corrected chi connectivity index (χ0v) is 16.9. The van der Waals surface area contributed by atoms with Gasteiger partial charge in [0.1, 0.15) is 5.58 Å². The van der Waals surface area contributed by atoms with Crippen molar-refractivity contribution in [3.05, 3.63) is 78.5 Å². The third-order valence-electron chi connectivity index (χ3n) is 4.38. The molecule has 0 radical (unpaired) electrons. The average molecular weight is 443 g/mol. The van der Waals surface area contributed by atoms with Gasteiger partial charge in [0, 0.05) is 35.5 Å². The maximum Gasteiger partial charge on any atom is 0.411 e. The molecule has 2 heterocycles. The van der Waals surface area contributed by atoms with Crippen molar-refractivity contribution in [2.24, 2.45) is 0 Å². The largest absolute Gasteiger partial charge is 0.465 e. The van der Waals surface area contributed by atoms with E-state index in [1.54, 1.807) is 13.0 Å². The first-order valence-corrected chi connectivity index (χ1v) is 9.21. The molecule has 2 aromatic heterocycles. The Morgan fingerprint density at radius 3 is 2.62 bits per heavy atom. The third kappa shape index (κ3) is 4.64. The van der Waals surface area contributed by atoms with Crippen molar-refractivity contribution in [2.45, 2.75) is 13.5 Å². The lowest BCUT2D eigenvalue weighted by molar-refractivity contribution is -0.386. The summed E-state index contributed by atoms with van der Waals surface area (Å²) in [7, 11) is 1.10. The van der Waals surface area contributed by atoms with Crippen LogP contribution >= 0.6 is 0 Å². The number of hydrogen-bond acceptors (Lipinski definition) is 9. The van der Waals surface area contributed by atoms with Crippen LogP contribution in [-0.4, -0.2) is 35.3 Å². The smallest absolute Gasteiger partial charge is 0.411 e. The molecule has 1 N–H and O–H groups in total.